The largest absolute Gasteiger partial charge is 0.348 e. The van der Waals surface area contributed by atoms with Crippen LogP contribution in [-0.4, -0.2) is 55.8 Å². The van der Waals surface area contributed by atoms with Crippen LogP contribution in [0.3, 0.4) is 0 Å². The van der Waals surface area contributed by atoms with Gasteiger partial charge in [0.25, 0.3) is 0 Å². The van der Waals surface area contributed by atoms with Crippen molar-refractivity contribution in [3.8, 4) is 0 Å². The average molecular weight is 302 g/mol. The second-order valence-corrected chi connectivity index (χ2v) is 5.04. The highest BCUT2D eigenvalue weighted by Gasteiger charge is 2.12. The highest BCUT2D eigenvalue weighted by molar-refractivity contribution is 6.31. The van der Waals surface area contributed by atoms with Gasteiger partial charge in [0, 0.05) is 19.8 Å². The molecule has 1 aromatic rings. The van der Waals surface area contributed by atoms with Crippen molar-refractivity contribution in [2.45, 2.75) is 0 Å². The Kier molecular flexibility index (Phi) is 5.91. The summed E-state index contributed by atoms with van der Waals surface area (Å²) in [7, 11) is 4.96. The Balaban J connectivity index is 2.50. The molecule has 7 heteroatoms. The van der Waals surface area contributed by atoms with Gasteiger partial charge in [-0.15, -0.1) is 0 Å². The lowest BCUT2D eigenvalue weighted by Crippen LogP contribution is -2.38. The molecule has 110 valence electrons. The Morgan fingerprint density at radius 2 is 1.90 bits per heavy atom. The summed E-state index contributed by atoms with van der Waals surface area (Å²) >= 11 is 5.62. The van der Waals surface area contributed by atoms with E-state index in [1.165, 1.54) is 23.1 Å². The summed E-state index contributed by atoms with van der Waals surface area (Å²) in [4.78, 5) is 26.3. The number of nitrogens with one attached hydrogen (secondary N) is 1. The number of benzene rings is 1. The van der Waals surface area contributed by atoms with E-state index in [-0.39, 0.29) is 29.9 Å². The number of amides is 2. The molecule has 2 amide bonds. The van der Waals surface area contributed by atoms with Crippen molar-refractivity contribution in [1.82, 2.24) is 9.80 Å². The van der Waals surface area contributed by atoms with Crippen molar-refractivity contribution < 1.29 is 14.0 Å². The minimum absolute atomic E-state index is 0.0502. The molecule has 20 heavy (non-hydrogen) atoms. The Bertz CT molecular complexity index is 508. The lowest BCUT2D eigenvalue weighted by molar-refractivity contribution is -0.130. The zero-order chi connectivity index (χ0) is 15.3. The number of carbonyl (C=O) groups excluding carboxylic acids is 2. The molecule has 1 rings (SSSR count). The van der Waals surface area contributed by atoms with Gasteiger partial charge in [-0.05, 0) is 25.2 Å². The normalized spacial score (nSPS) is 10.5. The number of anilines is 1. The van der Waals surface area contributed by atoms with Crippen LogP contribution in [0.4, 0.5) is 10.1 Å². The van der Waals surface area contributed by atoms with Gasteiger partial charge in [-0.1, -0.05) is 11.6 Å². The highest BCUT2D eigenvalue weighted by atomic mass is 35.5. The summed E-state index contributed by atoms with van der Waals surface area (Å²) in [5, 5.41) is 2.53. The van der Waals surface area contributed by atoms with Gasteiger partial charge in [0.1, 0.15) is 5.82 Å². The van der Waals surface area contributed by atoms with Crippen molar-refractivity contribution in [2.75, 3.05) is 39.5 Å². The van der Waals surface area contributed by atoms with Crippen molar-refractivity contribution in [3.05, 3.63) is 29.0 Å². The van der Waals surface area contributed by atoms with Crippen molar-refractivity contribution in [2.24, 2.45) is 0 Å². The molecule has 0 bridgehead atoms. The van der Waals surface area contributed by atoms with Crippen LogP contribution in [0.5, 0.6) is 0 Å². The molecular formula is C13H17ClFN3O2. The summed E-state index contributed by atoms with van der Waals surface area (Å²) in [5.41, 5.74) is 0.411. The van der Waals surface area contributed by atoms with Gasteiger partial charge >= 0.3 is 0 Å². The molecule has 0 radical (unpaired) electrons. The summed E-state index contributed by atoms with van der Waals surface area (Å²) < 4.78 is 13.0. The molecule has 0 aliphatic heterocycles. The SMILES string of the molecule is CN(CC(=O)Nc1ccc(F)c(Cl)c1)CC(=O)N(C)C. The van der Waals surface area contributed by atoms with E-state index in [0.29, 0.717) is 5.69 Å². The van der Waals surface area contributed by atoms with Gasteiger partial charge in [0.05, 0.1) is 18.1 Å². The Morgan fingerprint density at radius 1 is 1.25 bits per heavy atom. The molecule has 0 saturated carbocycles. The molecular weight excluding hydrogens is 285 g/mol. The molecule has 1 N–H and O–H groups in total. The van der Waals surface area contributed by atoms with Gasteiger partial charge in [-0.3, -0.25) is 14.5 Å². The van der Waals surface area contributed by atoms with Crippen LogP contribution < -0.4 is 5.32 Å². The first-order valence-corrected chi connectivity index (χ1v) is 6.31. The molecule has 0 aliphatic rings. The van der Waals surface area contributed by atoms with E-state index in [0.717, 1.165) is 0 Å². The van der Waals surface area contributed by atoms with E-state index in [1.54, 1.807) is 26.0 Å². The maximum Gasteiger partial charge on any atom is 0.238 e. The Morgan fingerprint density at radius 3 is 2.45 bits per heavy atom. The molecule has 0 spiro atoms. The number of nitrogens with zero attached hydrogens (tertiary/aromatic N) is 2. The smallest absolute Gasteiger partial charge is 0.238 e. The molecule has 0 fully saturated rings. The third kappa shape index (κ3) is 5.14. The van der Waals surface area contributed by atoms with E-state index in [9.17, 15) is 14.0 Å². The molecule has 0 unspecified atom stereocenters. The third-order valence-corrected chi connectivity index (χ3v) is 2.81. The summed E-state index contributed by atoms with van der Waals surface area (Å²) in [6.45, 7) is 0.194. The van der Waals surface area contributed by atoms with Crippen LogP contribution >= 0.6 is 11.6 Å². The van der Waals surface area contributed by atoms with Crippen LogP contribution in [0.15, 0.2) is 18.2 Å². The maximum absolute atomic E-state index is 13.0. The number of hydrogen-bond donors (Lipinski definition) is 1. The first kappa shape index (κ1) is 16.4. The minimum atomic E-state index is -0.543. The monoisotopic (exact) mass is 301 g/mol. The van der Waals surface area contributed by atoms with Crippen LogP contribution in [0.2, 0.25) is 5.02 Å². The standard InChI is InChI=1S/C13H17ClFN3O2/c1-17(2)13(20)8-18(3)7-12(19)16-9-4-5-11(15)10(14)6-9/h4-6H,7-8H2,1-3H3,(H,16,19). The fourth-order valence-corrected chi connectivity index (χ4v) is 1.63. The molecule has 5 nitrogen and oxygen atoms in total. The predicted octanol–water partition coefficient (Wildman–Crippen LogP) is 1.44. The summed E-state index contributed by atoms with van der Waals surface area (Å²) in [6, 6.07) is 3.93. The molecule has 0 aliphatic carbocycles. The second kappa shape index (κ2) is 7.21. The van der Waals surface area contributed by atoms with E-state index < -0.39 is 5.82 Å². The van der Waals surface area contributed by atoms with Gasteiger partial charge < -0.3 is 10.2 Å². The quantitative estimate of drug-likeness (QED) is 0.895. The lowest BCUT2D eigenvalue weighted by atomic mass is 10.3. The number of likely N-dealkylation sites (N-methyl/N-ethyl adjacent to an activating group) is 2. The van der Waals surface area contributed by atoms with E-state index in [4.69, 9.17) is 11.6 Å². The van der Waals surface area contributed by atoms with Gasteiger partial charge in [0.2, 0.25) is 11.8 Å². The summed E-state index contributed by atoms with van der Waals surface area (Å²) in [6.07, 6.45) is 0. The fraction of sp³-hybridized carbons (Fsp3) is 0.385. The molecule has 1 aromatic carbocycles. The van der Waals surface area contributed by atoms with Gasteiger partial charge in [0.15, 0.2) is 0 Å². The second-order valence-electron chi connectivity index (χ2n) is 4.64. The minimum Gasteiger partial charge on any atom is -0.348 e. The Hall–Kier alpha value is -1.66. The number of halogens is 2. The summed E-state index contributed by atoms with van der Waals surface area (Å²) in [5.74, 6) is -0.940. The predicted molar refractivity (Wildman–Crippen MR) is 76.2 cm³/mol. The van der Waals surface area contributed by atoms with Crippen LogP contribution in [0.1, 0.15) is 0 Å². The first-order chi connectivity index (χ1) is 9.29. The number of hydrogen-bond acceptors (Lipinski definition) is 3. The topological polar surface area (TPSA) is 52.7 Å². The van der Waals surface area contributed by atoms with Gasteiger partial charge in [-0.25, -0.2) is 4.39 Å². The molecule has 0 aromatic heterocycles. The zero-order valence-corrected chi connectivity index (χ0v) is 12.4. The van der Waals surface area contributed by atoms with Crippen molar-refractivity contribution in [3.63, 3.8) is 0 Å². The van der Waals surface area contributed by atoms with Crippen LogP contribution in [0, 0.1) is 5.82 Å². The zero-order valence-electron chi connectivity index (χ0n) is 11.6. The van der Waals surface area contributed by atoms with Crippen molar-refractivity contribution in [1.29, 1.82) is 0 Å². The van der Waals surface area contributed by atoms with Gasteiger partial charge in [-0.2, -0.15) is 0 Å². The molecule has 0 saturated heterocycles. The van der Waals surface area contributed by atoms with E-state index in [2.05, 4.69) is 5.32 Å². The van der Waals surface area contributed by atoms with E-state index >= 15 is 0 Å². The first-order valence-electron chi connectivity index (χ1n) is 5.93. The van der Waals surface area contributed by atoms with E-state index in [1.807, 2.05) is 0 Å². The number of carbonyl (C=O) groups is 2. The molecule has 0 heterocycles. The number of rotatable bonds is 5. The van der Waals surface area contributed by atoms with Crippen LogP contribution in [-0.2, 0) is 9.59 Å². The fourth-order valence-electron chi connectivity index (χ4n) is 1.45. The van der Waals surface area contributed by atoms with Crippen LogP contribution in [0.25, 0.3) is 0 Å². The highest BCUT2D eigenvalue weighted by Crippen LogP contribution is 2.19. The Labute approximate surface area is 122 Å². The van der Waals surface area contributed by atoms with Crippen molar-refractivity contribution >= 4 is 29.1 Å². The third-order valence-electron chi connectivity index (χ3n) is 2.52. The lowest BCUT2D eigenvalue weighted by Gasteiger charge is -2.18. The maximum atomic E-state index is 13.0. The molecule has 0 atom stereocenters. The average Bonchev–Trinajstić information content (AvgIpc) is 2.33.